The number of benzene rings is 1. The Balaban J connectivity index is 0.00000338. The van der Waals surface area contributed by atoms with E-state index in [1.54, 1.807) is 11.3 Å². The fourth-order valence-corrected chi connectivity index (χ4v) is 3.07. The van der Waals surface area contributed by atoms with Crippen LogP contribution in [-0.4, -0.2) is 49.1 Å². The lowest BCUT2D eigenvalue weighted by Gasteiger charge is -2.22. The molecule has 0 aliphatic heterocycles. The third kappa shape index (κ3) is 7.90. The van der Waals surface area contributed by atoms with Crippen LogP contribution in [0.1, 0.15) is 24.5 Å². The second-order valence-electron chi connectivity index (χ2n) is 5.65. The number of nitrogens with one attached hydrogen (secondary N) is 1. The molecule has 0 saturated carbocycles. The molecule has 0 atom stereocenters. The molecule has 0 radical (unpaired) electrons. The first-order valence-electron chi connectivity index (χ1n) is 8.83. The lowest BCUT2D eigenvalue weighted by molar-refractivity contribution is 0.281. The van der Waals surface area contributed by atoms with E-state index in [9.17, 15) is 0 Å². The van der Waals surface area contributed by atoms with Crippen LogP contribution < -0.4 is 10.1 Å². The lowest BCUT2D eigenvalue weighted by Crippen LogP contribution is -2.41. The molecule has 0 spiro atoms. The first-order valence-corrected chi connectivity index (χ1v) is 9.71. The second kappa shape index (κ2) is 12.9. The van der Waals surface area contributed by atoms with Crippen molar-refractivity contribution < 1.29 is 4.74 Å². The Morgan fingerprint density at radius 3 is 2.69 bits per heavy atom. The van der Waals surface area contributed by atoms with E-state index in [2.05, 4.69) is 34.4 Å². The van der Waals surface area contributed by atoms with Gasteiger partial charge in [0.1, 0.15) is 12.4 Å². The number of para-hydroxylation sites is 1. The Kier molecular flexibility index (Phi) is 11.3. The highest BCUT2D eigenvalue weighted by atomic mass is 127. The standard InChI is InChI=1S/C19H28N4OS.HI/c1-4-18-22-16(15-25-18)11-12-21-19(20-5-2)23(3)13-14-24-17-9-7-6-8-10-17;/h6-10,15H,4-5,11-14H2,1-3H3,(H,20,21);1H. The van der Waals surface area contributed by atoms with Gasteiger partial charge in [0.2, 0.25) is 0 Å². The quantitative estimate of drug-likeness (QED) is 0.331. The van der Waals surface area contributed by atoms with Crippen LogP contribution in [0.25, 0.3) is 0 Å². The molecule has 0 aliphatic rings. The van der Waals surface area contributed by atoms with E-state index in [4.69, 9.17) is 9.73 Å². The van der Waals surface area contributed by atoms with Crippen molar-refractivity contribution in [3.63, 3.8) is 0 Å². The van der Waals surface area contributed by atoms with Crippen molar-refractivity contribution >= 4 is 41.3 Å². The van der Waals surface area contributed by atoms with E-state index >= 15 is 0 Å². The lowest BCUT2D eigenvalue weighted by atomic mass is 10.3. The summed E-state index contributed by atoms with van der Waals surface area (Å²) in [6.45, 7) is 7.20. The van der Waals surface area contributed by atoms with Gasteiger partial charge in [-0.05, 0) is 25.5 Å². The Bertz CT molecular complexity index is 648. The average Bonchev–Trinajstić information content (AvgIpc) is 3.10. The molecule has 5 nitrogen and oxygen atoms in total. The van der Waals surface area contributed by atoms with Crippen LogP contribution >= 0.6 is 35.3 Å². The maximum atomic E-state index is 5.76. The summed E-state index contributed by atoms with van der Waals surface area (Å²) in [6, 6.07) is 9.89. The van der Waals surface area contributed by atoms with Gasteiger partial charge in [-0.15, -0.1) is 35.3 Å². The van der Waals surface area contributed by atoms with Crippen LogP contribution in [0.2, 0.25) is 0 Å². The van der Waals surface area contributed by atoms with Crippen molar-refractivity contribution in [3.05, 3.63) is 46.4 Å². The number of rotatable bonds is 9. The molecule has 1 N–H and O–H groups in total. The van der Waals surface area contributed by atoms with E-state index in [1.807, 2.05) is 37.4 Å². The van der Waals surface area contributed by atoms with Crippen molar-refractivity contribution in [2.75, 3.05) is 33.3 Å². The van der Waals surface area contributed by atoms with Crippen molar-refractivity contribution in [1.82, 2.24) is 15.2 Å². The Morgan fingerprint density at radius 2 is 2.04 bits per heavy atom. The minimum atomic E-state index is 0. The van der Waals surface area contributed by atoms with Crippen molar-refractivity contribution in [3.8, 4) is 5.75 Å². The molecule has 0 saturated heterocycles. The summed E-state index contributed by atoms with van der Waals surface area (Å²) in [4.78, 5) is 11.4. The molecule has 26 heavy (non-hydrogen) atoms. The topological polar surface area (TPSA) is 49.8 Å². The van der Waals surface area contributed by atoms with Crippen LogP contribution in [0.4, 0.5) is 0 Å². The molecule has 0 bridgehead atoms. The van der Waals surface area contributed by atoms with Crippen molar-refractivity contribution in [1.29, 1.82) is 0 Å². The highest BCUT2D eigenvalue weighted by Gasteiger charge is 2.06. The van der Waals surface area contributed by atoms with Gasteiger partial charge >= 0.3 is 0 Å². The van der Waals surface area contributed by atoms with Gasteiger partial charge in [-0.1, -0.05) is 25.1 Å². The van der Waals surface area contributed by atoms with Crippen molar-refractivity contribution in [2.45, 2.75) is 26.7 Å². The zero-order valence-electron chi connectivity index (χ0n) is 15.8. The van der Waals surface area contributed by atoms with Crippen LogP contribution in [0.3, 0.4) is 0 Å². The Labute approximate surface area is 177 Å². The second-order valence-corrected chi connectivity index (χ2v) is 6.60. The van der Waals surface area contributed by atoms with E-state index in [0.717, 1.165) is 49.9 Å². The van der Waals surface area contributed by atoms with E-state index in [-0.39, 0.29) is 24.0 Å². The summed E-state index contributed by atoms with van der Waals surface area (Å²) in [6.07, 6.45) is 1.88. The van der Waals surface area contributed by atoms with Gasteiger partial charge in [-0.2, -0.15) is 0 Å². The van der Waals surface area contributed by atoms with Crippen LogP contribution in [0, 0.1) is 0 Å². The van der Waals surface area contributed by atoms with Gasteiger partial charge in [-0.25, -0.2) is 4.98 Å². The zero-order valence-corrected chi connectivity index (χ0v) is 18.9. The molecule has 144 valence electrons. The largest absolute Gasteiger partial charge is 0.492 e. The minimum absolute atomic E-state index is 0. The molecule has 0 aliphatic carbocycles. The van der Waals surface area contributed by atoms with E-state index < -0.39 is 0 Å². The summed E-state index contributed by atoms with van der Waals surface area (Å²) >= 11 is 1.73. The first kappa shape index (κ1) is 22.7. The fraction of sp³-hybridized carbons (Fsp3) is 0.474. The smallest absolute Gasteiger partial charge is 0.193 e. The van der Waals surface area contributed by atoms with Gasteiger partial charge < -0.3 is 15.0 Å². The molecular formula is C19H29IN4OS. The van der Waals surface area contributed by atoms with E-state index in [0.29, 0.717) is 6.61 Å². The molecule has 7 heteroatoms. The van der Waals surface area contributed by atoms with Gasteiger partial charge in [0, 0.05) is 31.9 Å². The number of aliphatic imine (C=N–C) groups is 1. The fourth-order valence-electron chi connectivity index (χ4n) is 2.30. The number of nitrogens with zero attached hydrogens (tertiary/aromatic N) is 3. The summed E-state index contributed by atoms with van der Waals surface area (Å²) in [5.41, 5.74) is 1.14. The van der Waals surface area contributed by atoms with Gasteiger partial charge in [0.25, 0.3) is 0 Å². The first-order chi connectivity index (χ1) is 12.2. The van der Waals surface area contributed by atoms with E-state index in [1.165, 1.54) is 5.01 Å². The number of guanidine groups is 1. The number of thiazole rings is 1. The third-order valence-corrected chi connectivity index (χ3v) is 4.71. The number of ether oxygens (including phenoxy) is 1. The normalized spacial score (nSPS) is 11.0. The van der Waals surface area contributed by atoms with Crippen LogP contribution in [0.15, 0.2) is 40.7 Å². The highest BCUT2D eigenvalue weighted by molar-refractivity contribution is 14.0. The number of aryl methyl sites for hydroxylation is 1. The SMILES string of the molecule is CCNC(=NCCc1csc(CC)n1)N(C)CCOc1ccccc1.I. The summed E-state index contributed by atoms with van der Waals surface area (Å²) in [7, 11) is 2.04. The maximum absolute atomic E-state index is 5.76. The van der Waals surface area contributed by atoms with Gasteiger partial charge in [0.15, 0.2) is 5.96 Å². The molecule has 1 aromatic carbocycles. The molecule has 0 unspecified atom stereocenters. The predicted octanol–water partition coefficient (Wildman–Crippen LogP) is 3.84. The monoisotopic (exact) mass is 488 g/mol. The summed E-state index contributed by atoms with van der Waals surface area (Å²) in [5, 5.41) is 6.67. The number of hydrogen-bond donors (Lipinski definition) is 1. The predicted molar refractivity (Wildman–Crippen MR) is 121 cm³/mol. The molecular weight excluding hydrogens is 459 g/mol. The highest BCUT2D eigenvalue weighted by Crippen LogP contribution is 2.11. The minimum Gasteiger partial charge on any atom is -0.492 e. The van der Waals surface area contributed by atoms with Crippen molar-refractivity contribution in [2.24, 2.45) is 4.99 Å². The average molecular weight is 488 g/mol. The maximum Gasteiger partial charge on any atom is 0.193 e. The third-order valence-electron chi connectivity index (χ3n) is 3.67. The van der Waals surface area contributed by atoms with Crippen LogP contribution in [-0.2, 0) is 12.8 Å². The van der Waals surface area contributed by atoms with Gasteiger partial charge in [-0.3, -0.25) is 4.99 Å². The summed E-state index contributed by atoms with van der Waals surface area (Å²) in [5.74, 6) is 1.80. The number of hydrogen-bond acceptors (Lipinski definition) is 4. The number of likely N-dealkylation sites (N-methyl/N-ethyl adjacent to an activating group) is 1. The number of aromatic nitrogens is 1. The van der Waals surface area contributed by atoms with Gasteiger partial charge in [0.05, 0.1) is 17.2 Å². The molecule has 1 aromatic heterocycles. The van der Waals surface area contributed by atoms with Crippen LogP contribution in [0.5, 0.6) is 5.75 Å². The molecule has 0 fully saturated rings. The molecule has 1 heterocycles. The Hall–Kier alpha value is -1.35. The Morgan fingerprint density at radius 1 is 1.27 bits per heavy atom. The molecule has 0 amide bonds. The molecule has 2 rings (SSSR count). The number of halogens is 1. The molecule has 2 aromatic rings. The zero-order chi connectivity index (χ0) is 17.9. The summed E-state index contributed by atoms with van der Waals surface area (Å²) < 4.78 is 5.76.